The molecule has 32 heavy (non-hydrogen) atoms. The summed E-state index contributed by atoms with van der Waals surface area (Å²) in [6, 6.07) is 15.7. The number of nitrogens with zero attached hydrogens (tertiary/aromatic N) is 1. The molecule has 1 aliphatic carbocycles. The van der Waals surface area contributed by atoms with Gasteiger partial charge in [-0.3, -0.25) is 14.6 Å². The lowest BCUT2D eigenvalue weighted by Crippen LogP contribution is -2.38. The molecule has 2 aromatic carbocycles. The van der Waals surface area contributed by atoms with Crippen molar-refractivity contribution in [2.75, 3.05) is 17.7 Å². The topological polar surface area (TPSA) is 80.3 Å². The average molecular weight is 450 g/mol. The van der Waals surface area contributed by atoms with Crippen LogP contribution in [0.4, 0.5) is 11.4 Å². The molecule has 0 radical (unpaired) electrons. The van der Waals surface area contributed by atoms with Crippen LogP contribution in [0.3, 0.4) is 0 Å². The number of anilines is 2. The highest BCUT2D eigenvalue weighted by Gasteiger charge is 2.42. The van der Waals surface area contributed by atoms with Crippen LogP contribution in [0.1, 0.15) is 41.6 Å². The monoisotopic (exact) mass is 449 g/mol. The first kappa shape index (κ1) is 21.8. The van der Waals surface area contributed by atoms with E-state index in [4.69, 9.17) is 16.3 Å². The molecule has 1 saturated carbocycles. The predicted molar refractivity (Wildman–Crippen MR) is 125 cm³/mol. The minimum Gasteiger partial charge on any atom is -0.494 e. The van der Waals surface area contributed by atoms with E-state index in [9.17, 15) is 9.59 Å². The fraction of sp³-hybridized carbons (Fsp3) is 0.240. The van der Waals surface area contributed by atoms with E-state index in [0.29, 0.717) is 27.7 Å². The smallest absolute Gasteiger partial charge is 0.255 e. The summed E-state index contributed by atoms with van der Waals surface area (Å²) in [4.78, 5) is 30.1. The molecule has 1 heterocycles. The zero-order valence-corrected chi connectivity index (χ0v) is 18.5. The second kappa shape index (κ2) is 9.40. The molecule has 0 spiro atoms. The Morgan fingerprint density at radius 2 is 1.84 bits per heavy atom. The Bertz CT molecular complexity index is 1130. The number of hydrogen-bond donors (Lipinski definition) is 2. The van der Waals surface area contributed by atoms with E-state index in [0.717, 1.165) is 31.2 Å². The van der Waals surface area contributed by atoms with E-state index in [1.54, 1.807) is 54.9 Å². The molecule has 6 nitrogen and oxygen atoms in total. The highest BCUT2D eigenvalue weighted by molar-refractivity contribution is 6.31. The summed E-state index contributed by atoms with van der Waals surface area (Å²) in [7, 11) is 1.52. The molecule has 0 saturated heterocycles. The van der Waals surface area contributed by atoms with Crippen LogP contribution in [0.2, 0.25) is 5.02 Å². The number of nitrogens with one attached hydrogen (secondary N) is 2. The third-order valence-electron chi connectivity index (χ3n) is 5.90. The van der Waals surface area contributed by atoms with Crippen molar-refractivity contribution in [3.63, 3.8) is 0 Å². The first-order valence-corrected chi connectivity index (χ1v) is 10.9. The quantitative estimate of drug-likeness (QED) is 0.524. The van der Waals surface area contributed by atoms with Gasteiger partial charge in [0.1, 0.15) is 5.75 Å². The number of carbonyl (C=O) groups is 2. The summed E-state index contributed by atoms with van der Waals surface area (Å²) in [6.45, 7) is 0. The Kier molecular flexibility index (Phi) is 6.42. The van der Waals surface area contributed by atoms with Crippen molar-refractivity contribution in [2.24, 2.45) is 0 Å². The molecule has 0 aliphatic heterocycles. The van der Waals surface area contributed by atoms with Crippen molar-refractivity contribution >= 4 is 34.8 Å². The third-order valence-corrected chi connectivity index (χ3v) is 6.14. The molecular weight excluding hydrogens is 426 g/mol. The Balaban J connectivity index is 1.54. The summed E-state index contributed by atoms with van der Waals surface area (Å²) < 4.78 is 5.46. The number of benzene rings is 2. The fourth-order valence-electron chi connectivity index (χ4n) is 4.22. The lowest BCUT2D eigenvalue weighted by Gasteiger charge is -2.28. The standard InChI is InChI=1S/C25H24ClN3O3/c1-32-22-15-20(9-10-21(22)29-23(30)17-6-4-8-19(26)14-17)28-24(31)25(11-2-3-12-25)18-7-5-13-27-16-18/h4-10,13-16H,2-3,11-12H2,1H3,(H,28,31)(H,29,30). The molecule has 0 bridgehead atoms. The van der Waals surface area contributed by atoms with Gasteiger partial charge in [0.2, 0.25) is 5.91 Å². The van der Waals surface area contributed by atoms with E-state index in [1.165, 1.54) is 7.11 Å². The molecule has 3 aromatic rings. The number of rotatable bonds is 6. The Hall–Kier alpha value is -3.38. The number of carbonyl (C=O) groups excluding carboxylic acids is 2. The zero-order chi connectivity index (χ0) is 22.6. The van der Waals surface area contributed by atoms with Crippen molar-refractivity contribution in [3.05, 3.63) is 83.1 Å². The summed E-state index contributed by atoms with van der Waals surface area (Å²) in [5, 5.41) is 6.35. The van der Waals surface area contributed by atoms with Crippen molar-refractivity contribution < 1.29 is 14.3 Å². The van der Waals surface area contributed by atoms with Crippen molar-refractivity contribution in [2.45, 2.75) is 31.1 Å². The number of halogens is 1. The lowest BCUT2D eigenvalue weighted by molar-refractivity contribution is -0.121. The average Bonchev–Trinajstić information content (AvgIpc) is 3.32. The van der Waals surface area contributed by atoms with Gasteiger partial charge in [-0.05, 0) is 54.8 Å². The first-order chi connectivity index (χ1) is 15.5. The number of ether oxygens (including phenoxy) is 1. The second-order valence-electron chi connectivity index (χ2n) is 7.86. The summed E-state index contributed by atoms with van der Waals surface area (Å²) in [5.41, 5.74) is 1.89. The van der Waals surface area contributed by atoms with Gasteiger partial charge in [-0.2, -0.15) is 0 Å². The van der Waals surface area contributed by atoms with Crippen LogP contribution in [0.15, 0.2) is 67.0 Å². The van der Waals surface area contributed by atoms with Crippen LogP contribution in [0, 0.1) is 0 Å². The van der Waals surface area contributed by atoms with Gasteiger partial charge < -0.3 is 15.4 Å². The van der Waals surface area contributed by atoms with E-state index < -0.39 is 5.41 Å². The van der Waals surface area contributed by atoms with Gasteiger partial charge in [0.15, 0.2) is 0 Å². The Labute approximate surface area is 192 Å². The second-order valence-corrected chi connectivity index (χ2v) is 8.30. The molecule has 164 valence electrons. The first-order valence-electron chi connectivity index (χ1n) is 10.5. The zero-order valence-electron chi connectivity index (χ0n) is 17.7. The van der Waals surface area contributed by atoms with Gasteiger partial charge >= 0.3 is 0 Å². The van der Waals surface area contributed by atoms with E-state index in [-0.39, 0.29) is 11.8 Å². The normalized spacial score (nSPS) is 14.6. The maximum Gasteiger partial charge on any atom is 0.255 e. The Morgan fingerprint density at radius 1 is 1.03 bits per heavy atom. The number of amides is 2. The van der Waals surface area contributed by atoms with Crippen LogP contribution in [-0.4, -0.2) is 23.9 Å². The van der Waals surface area contributed by atoms with Gasteiger partial charge in [0, 0.05) is 34.7 Å². The van der Waals surface area contributed by atoms with E-state index >= 15 is 0 Å². The number of methoxy groups -OCH3 is 1. The predicted octanol–water partition coefficient (Wildman–Crippen LogP) is 5.45. The fourth-order valence-corrected chi connectivity index (χ4v) is 4.41. The molecule has 1 aromatic heterocycles. The van der Waals surface area contributed by atoms with Crippen LogP contribution < -0.4 is 15.4 Å². The van der Waals surface area contributed by atoms with Crippen molar-refractivity contribution in [1.82, 2.24) is 4.98 Å². The molecule has 2 amide bonds. The molecule has 2 N–H and O–H groups in total. The summed E-state index contributed by atoms with van der Waals surface area (Å²) in [6.07, 6.45) is 7.07. The lowest BCUT2D eigenvalue weighted by atomic mass is 9.78. The van der Waals surface area contributed by atoms with Crippen LogP contribution >= 0.6 is 11.6 Å². The van der Waals surface area contributed by atoms with Crippen LogP contribution in [0.25, 0.3) is 0 Å². The number of pyridine rings is 1. The SMILES string of the molecule is COc1cc(NC(=O)C2(c3cccnc3)CCCC2)ccc1NC(=O)c1cccc(Cl)c1. The highest BCUT2D eigenvalue weighted by Crippen LogP contribution is 2.42. The molecule has 1 fully saturated rings. The minimum absolute atomic E-state index is 0.0548. The molecule has 0 unspecified atom stereocenters. The third kappa shape index (κ3) is 4.46. The highest BCUT2D eigenvalue weighted by atomic mass is 35.5. The van der Waals surface area contributed by atoms with Gasteiger partial charge in [-0.15, -0.1) is 0 Å². The minimum atomic E-state index is -0.582. The van der Waals surface area contributed by atoms with Gasteiger partial charge in [-0.1, -0.05) is 36.6 Å². The van der Waals surface area contributed by atoms with Crippen molar-refractivity contribution in [1.29, 1.82) is 0 Å². The maximum atomic E-state index is 13.4. The molecule has 1 aliphatic rings. The number of aromatic nitrogens is 1. The van der Waals surface area contributed by atoms with Crippen LogP contribution in [-0.2, 0) is 10.2 Å². The van der Waals surface area contributed by atoms with E-state index in [2.05, 4.69) is 15.6 Å². The largest absolute Gasteiger partial charge is 0.494 e. The Morgan fingerprint density at radius 3 is 2.53 bits per heavy atom. The summed E-state index contributed by atoms with van der Waals surface area (Å²) in [5.74, 6) is 0.0878. The molecule has 7 heteroatoms. The summed E-state index contributed by atoms with van der Waals surface area (Å²) >= 11 is 5.98. The molecular formula is C25H24ClN3O3. The van der Waals surface area contributed by atoms with Crippen LogP contribution in [0.5, 0.6) is 5.75 Å². The molecule has 4 rings (SSSR count). The number of hydrogen-bond acceptors (Lipinski definition) is 4. The van der Waals surface area contributed by atoms with Gasteiger partial charge in [0.05, 0.1) is 18.2 Å². The van der Waals surface area contributed by atoms with Gasteiger partial charge in [0.25, 0.3) is 5.91 Å². The van der Waals surface area contributed by atoms with E-state index in [1.807, 2.05) is 12.1 Å². The maximum absolute atomic E-state index is 13.4. The van der Waals surface area contributed by atoms with Gasteiger partial charge in [-0.25, -0.2) is 0 Å². The van der Waals surface area contributed by atoms with Crippen molar-refractivity contribution in [3.8, 4) is 5.75 Å². The molecule has 0 atom stereocenters.